The van der Waals surface area contributed by atoms with Crippen molar-refractivity contribution in [3.8, 4) is 12.1 Å². The maximum atomic E-state index is 12.7. The number of carbonyl (C=O) groups excluding carboxylic acids is 2. The van der Waals surface area contributed by atoms with Gasteiger partial charge in [-0.2, -0.15) is 10.5 Å². The van der Waals surface area contributed by atoms with Crippen molar-refractivity contribution >= 4 is 24.0 Å². The second-order valence-corrected chi connectivity index (χ2v) is 8.25. The number of hydrogen-bond donors (Lipinski definition) is 4. The Morgan fingerprint density at radius 2 is 1.08 bits per heavy atom. The van der Waals surface area contributed by atoms with Gasteiger partial charge < -0.3 is 20.8 Å². The average molecular weight is 507 g/mol. The lowest BCUT2D eigenvalue weighted by molar-refractivity contribution is -0.118. The van der Waals surface area contributed by atoms with Crippen LogP contribution in [0.2, 0.25) is 0 Å². The first kappa shape index (κ1) is 27.6. The summed E-state index contributed by atoms with van der Waals surface area (Å²) in [5.41, 5.74) is 2.05. The third-order valence-electron chi connectivity index (χ3n) is 5.64. The van der Waals surface area contributed by atoms with Crippen LogP contribution < -0.4 is 10.6 Å². The van der Waals surface area contributed by atoms with Gasteiger partial charge in [0.05, 0.1) is 25.3 Å². The molecule has 0 heterocycles. The number of benzene rings is 3. The number of hydrogen-bond acceptors (Lipinski definition) is 6. The zero-order chi connectivity index (χ0) is 27.3. The Kier molecular flexibility index (Phi) is 10.1. The molecule has 0 saturated carbocycles. The highest BCUT2D eigenvalue weighted by molar-refractivity contribution is 6.03. The summed E-state index contributed by atoms with van der Waals surface area (Å²) in [6.45, 7) is -0.676. The summed E-state index contributed by atoms with van der Waals surface area (Å²) in [6.07, 6.45) is 2.77. The summed E-state index contributed by atoms with van der Waals surface area (Å²) in [5.74, 6) is -1.30. The van der Waals surface area contributed by atoms with Crippen molar-refractivity contribution in [2.24, 2.45) is 0 Å². The molecule has 0 spiro atoms. The zero-order valence-electron chi connectivity index (χ0n) is 20.4. The van der Waals surface area contributed by atoms with E-state index in [0.717, 1.165) is 0 Å². The smallest absolute Gasteiger partial charge is 0.262 e. The van der Waals surface area contributed by atoms with Gasteiger partial charge in [0.25, 0.3) is 11.8 Å². The zero-order valence-corrected chi connectivity index (χ0v) is 20.4. The van der Waals surface area contributed by atoms with Crippen molar-refractivity contribution in [1.82, 2.24) is 10.6 Å². The Balaban J connectivity index is 1.78. The maximum absolute atomic E-state index is 12.7. The van der Waals surface area contributed by atoms with Crippen molar-refractivity contribution in [1.29, 1.82) is 10.5 Å². The number of nitrogens with one attached hydrogen (secondary N) is 2. The molecule has 4 N–H and O–H groups in total. The van der Waals surface area contributed by atoms with E-state index in [0.29, 0.717) is 22.3 Å². The minimum absolute atomic E-state index is 0.174. The highest BCUT2D eigenvalue weighted by Crippen LogP contribution is 2.17. The molecule has 0 saturated heterocycles. The lowest BCUT2D eigenvalue weighted by atomic mass is 10.0. The first-order chi connectivity index (χ1) is 18.5. The molecule has 0 radical (unpaired) electrons. The highest BCUT2D eigenvalue weighted by atomic mass is 16.3. The standard InChI is InChI=1S/C30H26N4O4/c31-17-25(29(37)33-27(19-35)23-10-3-1-4-11-23)15-21-8-7-9-22(14-21)16-26(18-32)30(38)34-28(20-36)24-12-5-2-6-13-24/h1-16,27-28,35-36H,19-20H2,(H,33,37)(H,34,38)/b25-15+,26-16+/t27-,28-/m0/s1. The van der Waals surface area contributed by atoms with Crippen molar-refractivity contribution in [2.75, 3.05) is 13.2 Å². The minimum Gasteiger partial charge on any atom is -0.394 e. The highest BCUT2D eigenvalue weighted by Gasteiger charge is 2.18. The summed E-state index contributed by atoms with van der Waals surface area (Å²) in [6, 6.07) is 26.8. The van der Waals surface area contributed by atoms with E-state index in [2.05, 4.69) is 10.6 Å². The third kappa shape index (κ3) is 7.49. The van der Waals surface area contributed by atoms with Crippen molar-refractivity contribution in [3.63, 3.8) is 0 Å². The van der Waals surface area contributed by atoms with E-state index in [9.17, 15) is 30.3 Å². The Morgan fingerprint density at radius 3 is 1.42 bits per heavy atom. The molecule has 0 unspecified atom stereocenters. The van der Waals surface area contributed by atoms with E-state index < -0.39 is 23.9 Å². The van der Waals surface area contributed by atoms with Crippen LogP contribution in [0.3, 0.4) is 0 Å². The SMILES string of the molecule is N#C/C(=C\c1cccc(/C=C(\C#N)C(=O)N[C@@H](CO)c2ccccc2)c1)C(=O)N[C@@H](CO)c1ccccc1. The molecule has 0 aliphatic carbocycles. The second kappa shape index (κ2) is 13.9. The molecule has 190 valence electrons. The Labute approximate surface area is 220 Å². The van der Waals surface area contributed by atoms with Crippen LogP contribution in [0.4, 0.5) is 0 Å². The normalized spacial score (nSPS) is 12.9. The number of nitriles is 2. The maximum Gasteiger partial charge on any atom is 0.262 e. The molecular formula is C30H26N4O4. The quantitative estimate of drug-likeness (QED) is 0.245. The molecule has 0 fully saturated rings. The third-order valence-corrected chi connectivity index (χ3v) is 5.64. The van der Waals surface area contributed by atoms with Crippen LogP contribution in [-0.4, -0.2) is 35.2 Å². The van der Waals surface area contributed by atoms with Gasteiger partial charge in [-0.3, -0.25) is 9.59 Å². The number of carbonyl (C=O) groups is 2. The number of nitrogens with zero attached hydrogens (tertiary/aromatic N) is 2. The number of amides is 2. The van der Waals surface area contributed by atoms with E-state index in [4.69, 9.17) is 0 Å². The summed E-state index contributed by atoms with van der Waals surface area (Å²) in [4.78, 5) is 25.5. The van der Waals surface area contributed by atoms with Gasteiger partial charge in [0.15, 0.2) is 0 Å². The Morgan fingerprint density at radius 1 is 0.684 bits per heavy atom. The topological polar surface area (TPSA) is 146 Å². The molecule has 3 rings (SSSR count). The summed E-state index contributed by atoms with van der Waals surface area (Å²) < 4.78 is 0. The van der Waals surface area contributed by atoms with Gasteiger partial charge in [0, 0.05) is 0 Å². The average Bonchev–Trinajstić information content (AvgIpc) is 2.97. The largest absolute Gasteiger partial charge is 0.394 e. The lowest BCUT2D eigenvalue weighted by Crippen LogP contribution is -2.31. The molecule has 0 aliphatic rings. The number of aliphatic hydroxyl groups is 2. The van der Waals surface area contributed by atoms with Crippen molar-refractivity contribution in [2.45, 2.75) is 12.1 Å². The Bertz CT molecular complexity index is 1300. The van der Waals surface area contributed by atoms with Crippen molar-refractivity contribution in [3.05, 3.63) is 118 Å². The molecule has 2 amide bonds. The fourth-order valence-corrected chi connectivity index (χ4v) is 3.68. The van der Waals surface area contributed by atoms with Crippen LogP contribution in [0.5, 0.6) is 0 Å². The molecule has 0 bridgehead atoms. The van der Waals surface area contributed by atoms with Gasteiger partial charge in [-0.25, -0.2) is 0 Å². The number of aliphatic hydroxyl groups excluding tert-OH is 2. The van der Waals surface area contributed by atoms with Crippen LogP contribution in [0.15, 0.2) is 96.1 Å². The molecular weight excluding hydrogens is 480 g/mol. The molecule has 8 heteroatoms. The van der Waals surface area contributed by atoms with Crippen LogP contribution in [-0.2, 0) is 9.59 Å². The number of rotatable bonds is 10. The molecule has 3 aromatic rings. The molecule has 2 atom stereocenters. The van der Waals surface area contributed by atoms with Gasteiger partial charge in [-0.05, 0) is 40.5 Å². The van der Waals surface area contributed by atoms with Crippen LogP contribution in [0, 0.1) is 22.7 Å². The minimum atomic E-state index is -0.676. The van der Waals surface area contributed by atoms with E-state index in [1.54, 1.807) is 72.8 Å². The van der Waals surface area contributed by atoms with Crippen LogP contribution >= 0.6 is 0 Å². The summed E-state index contributed by atoms with van der Waals surface area (Å²) in [5, 5.41) is 43.8. The molecule has 0 aliphatic heterocycles. The van der Waals surface area contributed by atoms with Crippen LogP contribution in [0.25, 0.3) is 12.2 Å². The molecule has 0 aromatic heterocycles. The van der Waals surface area contributed by atoms with E-state index in [-0.39, 0.29) is 24.4 Å². The predicted octanol–water partition coefficient (Wildman–Crippen LogP) is 3.20. The van der Waals surface area contributed by atoms with Gasteiger partial charge in [-0.15, -0.1) is 0 Å². The van der Waals surface area contributed by atoms with E-state index >= 15 is 0 Å². The van der Waals surface area contributed by atoms with E-state index in [1.165, 1.54) is 12.2 Å². The fraction of sp³-hybridized carbons (Fsp3) is 0.133. The van der Waals surface area contributed by atoms with Gasteiger partial charge in [0.2, 0.25) is 0 Å². The van der Waals surface area contributed by atoms with Gasteiger partial charge in [0.1, 0.15) is 23.3 Å². The van der Waals surface area contributed by atoms with Gasteiger partial charge in [-0.1, -0.05) is 78.9 Å². The fourth-order valence-electron chi connectivity index (χ4n) is 3.68. The first-order valence-corrected chi connectivity index (χ1v) is 11.8. The van der Waals surface area contributed by atoms with Crippen molar-refractivity contribution < 1.29 is 19.8 Å². The first-order valence-electron chi connectivity index (χ1n) is 11.8. The predicted molar refractivity (Wildman–Crippen MR) is 142 cm³/mol. The lowest BCUT2D eigenvalue weighted by Gasteiger charge is -2.16. The summed E-state index contributed by atoms with van der Waals surface area (Å²) >= 11 is 0. The molecule has 38 heavy (non-hydrogen) atoms. The summed E-state index contributed by atoms with van der Waals surface area (Å²) in [7, 11) is 0. The molecule has 8 nitrogen and oxygen atoms in total. The van der Waals surface area contributed by atoms with Gasteiger partial charge >= 0.3 is 0 Å². The monoisotopic (exact) mass is 506 g/mol. The van der Waals surface area contributed by atoms with Crippen LogP contribution in [0.1, 0.15) is 34.3 Å². The molecule has 3 aromatic carbocycles. The second-order valence-electron chi connectivity index (χ2n) is 8.25. The van der Waals surface area contributed by atoms with E-state index in [1.807, 2.05) is 24.3 Å². The Hall–Kier alpha value is -5.02.